The first-order chi connectivity index (χ1) is 12.1. The van der Waals surface area contributed by atoms with E-state index in [4.69, 9.17) is 5.73 Å². The number of anilines is 1. The van der Waals surface area contributed by atoms with E-state index in [1.165, 1.54) is 12.1 Å². The van der Waals surface area contributed by atoms with Gasteiger partial charge in [0, 0.05) is 12.5 Å². The summed E-state index contributed by atoms with van der Waals surface area (Å²) in [4.78, 5) is 10.9. The van der Waals surface area contributed by atoms with Crippen molar-refractivity contribution >= 4 is 22.7 Å². The van der Waals surface area contributed by atoms with E-state index in [2.05, 4.69) is 10.2 Å². The molecule has 6 heteroatoms. The maximum absolute atomic E-state index is 11.4. The van der Waals surface area contributed by atoms with Gasteiger partial charge in [-0.05, 0) is 23.8 Å². The van der Waals surface area contributed by atoms with Gasteiger partial charge in [-0.15, -0.1) is 5.11 Å². The van der Waals surface area contributed by atoms with E-state index in [1.807, 2.05) is 60.7 Å². The predicted octanol–water partition coefficient (Wildman–Crippen LogP) is 5.18. The molecule has 6 nitrogen and oxygen atoms in total. The lowest BCUT2D eigenvalue weighted by Gasteiger charge is -2.09. The molecule has 0 unspecified atom stereocenters. The predicted molar refractivity (Wildman–Crippen MR) is 97.4 cm³/mol. The molecule has 0 spiro atoms. The molecule has 0 aliphatic heterocycles. The molecule has 0 aliphatic carbocycles. The highest BCUT2D eigenvalue weighted by molar-refractivity contribution is 5.73. The third-order valence-electron chi connectivity index (χ3n) is 3.76. The Morgan fingerprint density at radius 1 is 0.880 bits per heavy atom. The summed E-state index contributed by atoms with van der Waals surface area (Å²) in [5, 5.41) is 19.6. The van der Waals surface area contributed by atoms with Crippen molar-refractivity contribution in [2.75, 3.05) is 5.73 Å². The van der Waals surface area contributed by atoms with Crippen LogP contribution in [0.3, 0.4) is 0 Å². The molecule has 25 heavy (non-hydrogen) atoms. The van der Waals surface area contributed by atoms with Crippen LogP contribution in [0.25, 0.3) is 0 Å². The van der Waals surface area contributed by atoms with Gasteiger partial charge >= 0.3 is 0 Å². The van der Waals surface area contributed by atoms with Gasteiger partial charge in [0.25, 0.3) is 5.69 Å². The number of nitrogens with zero attached hydrogens (tertiary/aromatic N) is 3. The second-order valence-corrected chi connectivity index (χ2v) is 5.45. The monoisotopic (exact) mass is 332 g/mol. The van der Waals surface area contributed by atoms with Crippen LogP contribution in [0.2, 0.25) is 0 Å². The van der Waals surface area contributed by atoms with Crippen molar-refractivity contribution in [1.82, 2.24) is 0 Å². The summed E-state index contributed by atoms with van der Waals surface area (Å²) in [6.45, 7) is 0. The number of benzene rings is 3. The quantitative estimate of drug-likeness (QED) is 0.302. The van der Waals surface area contributed by atoms with Crippen molar-refractivity contribution in [2.24, 2.45) is 10.2 Å². The van der Waals surface area contributed by atoms with E-state index in [0.29, 0.717) is 23.4 Å². The Bertz CT molecular complexity index is 909. The Hall–Kier alpha value is -3.54. The van der Waals surface area contributed by atoms with Gasteiger partial charge in [0.2, 0.25) is 0 Å². The van der Waals surface area contributed by atoms with Crippen molar-refractivity contribution in [2.45, 2.75) is 6.42 Å². The van der Waals surface area contributed by atoms with E-state index < -0.39 is 4.92 Å². The lowest BCUT2D eigenvalue weighted by atomic mass is 10.0. The van der Waals surface area contributed by atoms with Crippen LogP contribution in [0.5, 0.6) is 0 Å². The molecule has 3 aromatic carbocycles. The Morgan fingerprint density at radius 3 is 2.16 bits per heavy atom. The van der Waals surface area contributed by atoms with Crippen LogP contribution in [0, 0.1) is 10.1 Å². The van der Waals surface area contributed by atoms with Gasteiger partial charge < -0.3 is 5.73 Å². The van der Waals surface area contributed by atoms with Gasteiger partial charge in [-0.3, -0.25) is 10.1 Å². The summed E-state index contributed by atoms with van der Waals surface area (Å²) < 4.78 is 0. The number of nitro groups is 1. The molecule has 3 rings (SSSR count). The molecular weight excluding hydrogens is 316 g/mol. The molecule has 0 radical (unpaired) electrons. The number of nitrogen functional groups attached to an aromatic ring is 1. The van der Waals surface area contributed by atoms with Gasteiger partial charge in [0.1, 0.15) is 5.69 Å². The SMILES string of the molecule is Nc1c(N=Nc2ccccc2)ccc([N+](=O)[O-])c1Cc1ccccc1. The Balaban J connectivity index is 2.00. The Labute approximate surface area is 144 Å². The number of nitrogens with two attached hydrogens (primary N) is 1. The maximum Gasteiger partial charge on any atom is 0.275 e. The van der Waals surface area contributed by atoms with Crippen molar-refractivity contribution in [3.05, 3.63) is 94.0 Å². The fraction of sp³-hybridized carbons (Fsp3) is 0.0526. The first kappa shape index (κ1) is 16.3. The molecule has 3 aromatic rings. The minimum atomic E-state index is -0.424. The highest BCUT2D eigenvalue weighted by Gasteiger charge is 2.19. The number of nitro benzene ring substituents is 1. The van der Waals surface area contributed by atoms with Gasteiger partial charge in [0.15, 0.2) is 0 Å². The van der Waals surface area contributed by atoms with Crippen LogP contribution in [0.15, 0.2) is 83.0 Å². The third kappa shape index (κ3) is 3.87. The molecule has 0 aromatic heterocycles. The van der Waals surface area contributed by atoms with Crippen molar-refractivity contribution in [1.29, 1.82) is 0 Å². The topological polar surface area (TPSA) is 93.9 Å². The van der Waals surface area contributed by atoms with E-state index in [0.717, 1.165) is 5.56 Å². The van der Waals surface area contributed by atoms with Crippen LogP contribution in [-0.2, 0) is 6.42 Å². The van der Waals surface area contributed by atoms with Crippen molar-refractivity contribution in [3.63, 3.8) is 0 Å². The first-order valence-corrected chi connectivity index (χ1v) is 7.71. The maximum atomic E-state index is 11.4. The first-order valence-electron chi connectivity index (χ1n) is 7.71. The summed E-state index contributed by atoms with van der Waals surface area (Å²) in [5.74, 6) is 0. The average Bonchev–Trinajstić information content (AvgIpc) is 2.64. The zero-order valence-corrected chi connectivity index (χ0v) is 13.4. The van der Waals surface area contributed by atoms with Crippen LogP contribution in [0.4, 0.5) is 22.7 Å². The molecule has 2 N–H and O–H groups in total. The number of hydrogen-bond acceptors (Lipinski definition) is 5. The molecule has 0 atom stereocenters. The second kappa shape index (κ2) is 7.35. The van der Waals surface area contributed by atoms with E-state index in [-0.39, 0.29) is 11.4 Å². The number of rotatable bonds is 5. The minimum Gasteiger partial charge on any atom is -0.396 e. The van der Waals surface area contributed by atoms with Gasteiger partial charge in [0.05, 0.1) is 21.9 Å². The molecule has 0 fully saturated rings. The molecule has 0 saturated heterocycles. The van der Waals surface area contributed by atoms with Crippen LogP contribution in [0.1, 0.15) is 11.1 Å². The molecule has 0 bridgehead atoms. The van der Waals surface area contributed by atoms with Gasteiger partial charge in [-0.25, -0.2) is 0 Å². The summed E-state index contributed by atoms with van der Waals surface area (Å²) >= 11 is 0. The molecule has 0 saturated carbocycles. The van der Waals surface area contributed by atoms with E-state index >= 15 is 0 Å². The lowest BCUT2D eigenvalue weighted by molar-refractivity contribution is -0.385. The highest BCUT2D eigenvalue weighted by Crippen LogP contribution is 2.35. The van der Waals surface area contributed by atoms with Crippen LogP contribution >= 0.6 is 0 Å². The minimum absolute atomic E-state index is 0.0139. The fourth-order valence-electron chi connectivity index (χ4n) is 2.49. The van der Waals surface area contributed by atoms with E-state index in [9.17, 15) is 10.1 Å². The Kier molecular flexibility index (Phi) is 4.80. The largest absolute Gasteiger partial charge is 0.396 e. The molecule has 0 heterocycles. The zero-order chi connectivity index (χ0) is 17.6. The summed E-state index contributed by atoms with van der Waals surface area (Å²) in [6, 6.07) is 21.6. The molecule has 0 amide bonds. The molecular formula is C19H16N4O2. The molecule has 124 valence electrons. The third-order valence-corrected chi connectivity index (χ3v) is 3.76. The lowest BCUT2D eigenvalue weighted by Crippen LogP contribution is -2.02. The number of hydrogen-bond donors (Lipinski definition) is 1. The standard InChI is InChI=1S/C19H16N4O2/c20-19-16(13-14-7-3-1-4-8-14)18(23(24)25)12-11-17(19)22-21-15-9-5-2-6-10-15/h1-12H,13,20H2. The second-order valence-electron chi connectivity index (χ2n) is 5.45. The fourth-order valence-corrected chi connectivity index (χ4v) is 2.49. The molecule has 0 aliphatic rings. The zero-order valence-electron chi connectivity index (χ0n) is 13.4. The summed E-state index contributed by atoms with van der Waals surface area (Å²) in [7, 11) is 0. The average molecular weight is 332 g/mol. The summed E-state index contributed by atoms with van der Waals surface area (Å²) in [6.07, 6.45) is 0.359. The smallest absolute Gasteiger partial charge is 0.275 e. The van der Waals surface area contributed by atoms with Crippen LogP contribution < -0.4 is 5.73 Å². The normalized spacial score (nSPS) is 10.9. The van der Waals surface area contributed by atoms with E-state index in [1.54, 1.807) is 0 Å². The van der Waals surface area contributed by atoms with Gasteiger partial charge in [-0.2, -0.15) is 5.11 Å². The number of azo groups is 1. The highest BCUT2D eigenvalue weighted by atomic mass is 16.6. The van der Waals surface area contributed by atoms with Gasteiger partial charge in [-0.1, -0.05) is 48.5 Å². The van der Waals surface area contributed by atoms with Crippen molar-refractivity contribution < 1.29 is 4.92 Å². The summed E-state index contributed by atoms with van der Waals surface area (Å²) in [5.41, 5.74) is 8.92. The van der Waals surface area contributed by atoms with Crippen LogP contribution in [-0.4, -0.2) is 4.92 Å². The van der Waals surface area contributed by atoms with Crippen molar-refractivity contribution in [3.8, 4) is 0 Å². The Morgan fingerprint density at radius 2 is 1.52 bits per heavy atom.